The van der Waals surface area contributed by atoms with Crippen molar-refractivity contribution in [1.82, 2.24) is 10.2 Å². The minimum atomic E-state index is 0.374. The van der Waals surface area contributed by atoms with E-state index >= 15 is 0 Å². The average Bonchev–Trinajstić information content (AvgIpc) is 2.30. The molecule has 1 saturated heterocycles. The maximum absolute atomic E-state index is 5.81. The van der Waals surface area contributed by atoms with E-state index in [4.69, 9.17) is 17.3 Å². The summed E-state index contributed by atoms with van der Waals surface area (Å²) in [7, 11) is 0. The maximum Gasteiger partial charge on any atom is 0.151 e. The summed E-state index contributed by atoms with van der Waals surface area (Å²) in [5.74, 6) is 1.62. The molecule has 1 aromatic rings. The van der Waals surface area contributed by atoms with Crippen LogP contribution in [0.3, 0.4) is 0 Å². The minimum absolute atomic E-state index is 0.374. The molecule has 4 nitrogen and oxygen atoms in total. The summed E-state index contributed by atoms with van der Waals surface area (Å²) in [5, 5.41) is 8.42. The number of nitrogens with zero attached hydrogens (tertiary/aromatic N) is 3. The minimum Gasteiger partial charge on any atom is -0.351 e. The molecule has 2 rings (SSSR count). The molecule has 1 aromatic heterocycles. The van der Waals surface area contributed by atoms with Gasteiger partial charge in [0.25, 0.3) is 0 Å². The lowest BCUT2D eigenvalue weighted by molar-refractivity contribution is 0.364. The molecule has 2 heterocycles. The van der Waals surface area contributed by atoms with Crippen LogP contribution in [0.1, 0.15) is 19.8 Å². The van der Waals surface area contributed by atoms with Crippen molar-refractivity contribution >= 4 is 17.4 Å². The van der Waals surface area contributed by atoms with Crippen LogP contribution in [0.2, 0.25) is 5.15 Å². The van der Waals surface area contributed by atoms with Gasteiger partial charge in [0, 0.05) is 19.1 Å². The Labute approximate surface area is 101 Å². The van der Waals surface area contributed by atoms with Gasteiger partial charge in [-0.05, 0) is 30.9 Å². The number of hydrogen-bond donors (Lipinski definition) is 1. The molecule has 0 saturated carbocycles. The molecule has 5 heteroatoms. The van der Waals surface area contributed by atoms with Gasteiger partial charge in [0.05, 0.1) is 0 Å². The Morgan fingerprint density at radius 3 is 2.94 bits per heavy atom. The van der Waals surface area contributed by atoms with Crippen molar-refractivity contribution in [3.63, 3.8) is 0 Å². The highest BCUT2D eigenvalue weighted by Crippen LogP contribution is 2.26. The van der Waals surface area contributed by atoms with Gasteiger partial charge in [0.2, 0.25) is 0 Å². The van der Waals surface area contributed by atoms with Gasteiger partial charge in [-0.15, -0.1) is 10.2 Å². The van der Waals surface area contributed by atoms with Gasteiger partial charge in [-0.3, -0.25) is 0 Å². The maximum atomic E-state index is 5.81. The highest BCUT2D eigenvalue weighted by atomic mass is 35.5. The van der Waals surface area contributed by atoms with Gasteiger partial charge in [0.15, 0.2) is 11.0 Å². The van der Waals surface area contributed by atoms with Crippen LogP contribution in [0.15, 0.2) is 12.1 Å². The second-order valence-corrected chi connectivity index (χ2v) is 4.81. The Balaban J connectivity index is 2.15. The number of rotatable bonds is 2. The van der Waals surface area contributed by atoms with E-state index < -0.39 is 0 Å². The quantitative estimate of drug-likeness (QED) is 0.855. The van der Waals surface area contributed by atoms with Crippen molar-refractivity contribution in [3.8, 4) is 0 Å². The van der Waals surface area contributed by atoms with E-state index in [1.54, 1.807) is 6.07 Å². The Morgan fingerprint density at radius 1 is 1.50 bits per heavy atom. The molecule has 0 spiro atoms. The second-order valence-electron chi connectivity index (χ2n) is 4.43. The van der Waals surface area contributed by atoms with Crippen molar-refractivity contribution in [2.24, 2.45) is 11.7 Å². The fraction of sp³-hybridized carbons (Fsp3) is 0.636. The van der Waals surface area contributed by atoms with Crippen LogP contribution in [0.25, 0.3) is 0 Å². The first kappa shape index (κ1) is 11.6. The van der Waals surface area contributed by atoms with Crippen LogP contribution in [0.5, 0.6) is 0 Å². The van der Waals surface area contributed by atoms with Gasteiger partial charge in [-0.2, -0.15) is 0 Å². The summed E-state index contributed by atoms with van der Waals surface area (Å²) in [6.45, 7) is 3.93. The van der Waals surface area contributed by atoms with Crippen LogP contribution >= 0.6 is 11.6 Å². The number of piperidine rings is 1. The largest absolute Gasteiger partial charge is 0.351 e. The predicted molar refractivity (Wildman–Crippen MR) is 65.6 cm³/mol. The van der Waals surface area contributed by atoms with E-state index in [2.05, 4.69) is 22.0 Å². The van der Waals surface area contributed by atoms with Crippen molar-refractivity contribution in [2.75, 3.05) is 18.0 Å². The Morgan fingerprint density at radius 2 is 2.31 bits per heavy atom. The normalized spacial score (nSPS) is 25.8. The summed E-state index contributed by atoms with van der Waals surface area (Å²) in [6.07, 6.45) is 2.31. The van der Waals surface area contributed by atoms with Gasteiger partial charge in [-0.1, -0.05) is 18.5 Å². The summed E-state index contributed by atoms with van der Waals surface area (Å²) in [5.41, 5.74) is 5.81. The van der Waals surface area contributed by atoms with Crippen molar-refractivity contribution in [1.29, 1.82) is 0 Å². The standard InChI is InChI=1S/C11H17ClN4/c1-8-4-5-16(9(6-8)7-13)11-3-2-10(12)14-15-11/h2-3,8-9H,4-7,13H2,1H3. The van der Waals surface area contributed by atoms with E-state index in [1.165, 1.54) is 6.42 Å². The molecule has 1 aliphatic heterocycles. The lowest BCUT2D eigenvalue weighted by Crippen LogP contribution is -2.46. The third-order valence-electron chi connectivity index (χ3n) is 3.16. The number of halogens is 1. The van der Waals surface area contributed by atoms with E-state index in [1.807, 2.05) is 6.07 Å². The van der Waals surface area contributed by atoms with E-state index in [-0.39, 0.29) is 0 Å². The molecule has 16 heavy (non-hydrogen) atoms. The molecule has 0 aliphatic carbocycles. The molecule has 1 aliphatic rings. The molecule has 0 radical (unpaired) electrons. The molecular weight excluding hydrogens is 224 g/mol. The third-order valence-corrected chi connectivity index (χ3v) is 3.36. The van der Waals surface area contributed by atoms with Gasteiger partial charge in [-0.25, -0.2) is 0 Å². The number of hydrogen-bond acceptors (Lipinski definition) is 4. The summed E-state index contributed by atoms with van der Waals surface area (Å²) in [6, 6.07) is 4.06. The first-order chi connectivity index (χ1) is 7.70. The predicted octanol–water partition coefficient (Wildman–Crippen LogP) is 1.69. The zero-order valence-corrected chi connectivity index (χ0v) is 10.2. The lowest BCUT2D eigenvalue weighted by atomic mass is 9.92. The van der Waals surface area contributed by atoms with E-state index in [9.17, 15) is 0 Å². The fourth-order valence-electron chi connectivity index (χ4n) is 2.24. The van der Waals surface area contributed by atoms with Crippen molar-refractivity contribution in [3.05, 3.63) is 17.3 Å². The third kappa shape index (κ3) is 2.44. The number of anilines is 1. The topological polar surface area (TPSA) is 55.0 Å². The molecule has 1 fully saturated rings. The van der Waals surface area contributed by atoms with Crippen molar-refractivity contribution < 1.29 is 0 Å². The Bertz CT molecular complexity index is 340. The van der Waals surface area contributed by atoms with Gasteiger partial charge in [0.1, 0.15) is 0 Å². The van der Waals surface area contributed by atoms with Crippen LogP contribution in [0, 0.1) is 5.92 Å². The zero-order chi connectivity index (χ0) is 11.5. The average molecular weight is 241 g/mol. The molecule has 0 bridgehead atoms. The summed E-state index contributed by atoms with van der Waals surface area (Å²) >= 11 is 5.73. The molecular formula is C11H17ClN4. The monoisotopic (exact) mass is 240 g/mol. The highest BCUT2D eigenvalue weighted by molar-refractivity contribution is 6.29. The summed E-state index contributed by atoms with van der Waals surface area (Å²) in [4.78, 5) is 2.24. The lowest BCUT2D eigenvalue weighted by Gasteiger charge is -2.38. The highest BCUT2D eigenvalue weighted by Gasteiger charge is 2.26. The Kier molecular flexibility index (Phi) is 3.61. The number of nitrogens with two attached hydrogens (primary N) is 1. The number of aromatic nitrogens is 2. The summed E-state index contributed by atoms with van der Waals surface area (Å²) < 4.78 is 0. The Hall–Kier alpha value is -0.870. The second kappa shape index (κ2) is 4.97. The molecule has 2 atom stereocenters. The van der Waals surface area contributed by atoms with Crippen LogP contribution < -0.4 is 10.6 Å². The molecule has 88 valence electrons. The van der Waals surface area contributed by atoms with Crippen molar-refractivity contribution in [2.45, 2.75) is 25.8 Å². The molecule has 0 aromatic carbocycles. The fourth-order valence-corrected chi connectivity index (χ4v) is 2.34. The van der Waals surface area contributed by atoms with Crippen LogP contribution in [-0.4, -0.2) is 29.3 Å². The molecule has 2 N–H and O–H groups in total. The van der Waals surface area contributed by atoms with Crippen LogP contribution in [-0.2, 0) is 0 Å². The van der Waals surface area contributed by atoms with Crippen LogP contribution in [0.4, 0.5) is 5.82 Å². The first-order valence-corrected chi connectivity index (χ1v) is 6.04. The van der Waals surface area contributed by atoms with Gasteiger partial charge < -0.3 is 10.6 Å². The van der Waals surface area contributed by atoms with E-state index in [0.29, 0.717) is 17.7 Å². The zero-order valence-electron chi connectivity index (χ0n) is 9.43. The smallest absolute Gasteiger partial charge is 0.151 e. The molecule has 2 unspecified atom stereocenters. The first-order valence-electron chi connectivity index (χ1n) is 5.66. The van der Waals surface area contributed by atoms with E-state index in [0.717, 1.165) is 24.7 Å². The molecule has 0 amide bonds. The van der Waals surface area contributed by atoms with Gasteiger partial charge >= 0.3 is 0 Å². The SMILES string of the molecule is CC1CCN(c2ccc(Cl)nn2)C(CN)C1.